The molecule has 0 saturated heterocycles. The van der Waals surface area contributed by atoms with Crippen LogP contribution < -0.4 is 5.32 Å². The van der Waals surface area contributed by atoms with Gasteiger partial charge in [-0.25, -0.2) is 0 Å². The van der Waals surface area contributed by atoms with Crippen LogP contribution in [0.5, 0.6) is 0 Å². The maximum Gasteiger partial charge on any atom is 0.251 e. The number of rotatable bonds is 11. The van der Waals surface area contributed by atoms with Crippen LogP contribution in [0.1, 0.15) is 15.9 Å². The molecule has 0 unspecified atom stereocenters. The van der Waals surface area contributed by atoms with Crippen LogP contribution >= 0.6 is 11.8 Å². The molecule has 154 valence electrons. The van der Waals surface area contributed by atoms with Crippen LogP contribution in [-0.2, 0) is 21.8 Å². The molecule has 1 amide bonds. The second-order valence-electron chi connectivity index (χ2n) is 6.16. The molecule has 0 radical (unpaired) electrons. The van der Waals surface area contributed by atoms with Crippen molar-refractivity contribution in [3.05, 3.63) is 53.8 Å². The minimum Gasteiger partial charge on any atom is -0.461 e. The predicted octanol–water partition coefficient (Wildman–Crippen LogP) is 2.85. The Labute approximate surface area is 173 Å². The molecule has 0 fully saturated rings. The summed E-state index contributed by atoms with van der Waals surface area (Å²) >= 11 is 1.57. The Morgan fingerprint density at radius 3 is 2.62 bits per heavy atom. The van der Waals surface area contributed by atoms with Gasteiger partial charge in [0.1, 0.15) is 0 Å². The lowest BCUT2D eigenvalue weighted by molar-refractivity contribution is 0.0937. The monoisotopic (exact) mass is 416 g/mol. The van der Waals surface area contributed by atoms with Gasteiger partial charge in [-0.1, -0.05) is 23.9 Å². The number of hydrogen-bond acceptors (Lipinski definition) is 7. The third-order valence-corrected chi connectivity index (χ3v) is 5.19. The molecule has 3 rings (SSSR count). The summed E-state index contributed by atoms with van der Waals surface area (Å²) in [5, 5.41) is 12.2. The van der Waals surface area contributed by atoms with E-state index in [1.54, 1.807) is 32.2 Å². The minimum absolute atomic E-state index is 0.108. The number of thioether (sulfide) groups is 1. The van der Waals surface area contributed by atoms with E-state index in [-0.39, 0.29) is 5.91 Å². The highest BCUT2D eigenvalue weighted by Crippen LogP contribution is 2.26. The topological polar surface area (TPSA) is 91.4 Å². The van der Waals surface area contributed by atoms with Gasteiger partial charge in [-0.2, -0.15) is 0 Å². The van der Waals surface area contributed by atoms with Crippen molar-refractivity contribution in [1.82, 2.24) is 20.1 Å². The van der Waals surface area contributed by atoms with Gasteiger partial charge in [0, 0.05) is 32.1 Å². The summed E-state index contributed by atoms with van der Waals surface area (Å²) in [6.45, 7) is 2.15. The third kappa shape index (κ3) is 5.69. The number of amides is 1. The number of methoxy groups -OCH3 is 2. The van der Waals surface area contributed by atoms with Crippen molar-refractivity contribution >= 4 is 17.7 Å². The third-order valence-electron chi connectivity index (χ3n) is 4.15. The van der Waals surface area contributed by atoms with Crippen molar-refractivity contribution in [2.45, 2.75) is 17.5 Å². The van der Waals surface area contributed by atoms with Crippen LogP contribution in [0.3, 0.4) is 0 Å². The fraction of sp³-hybridized carbons (Fsp3) is 0.350. The van der Waals surface area contributed by atoms with Gasteiger partial charge in [0.05, 0.1) is 26.0 Å². The normalized spacial score (nSPS) is 11.0. The van der Waals surface area contributed by atoms with Crippen molar-refractivity contribution in [2.24, 2.45) is 0 Å². The van der Waals surface area contributed by atoms with Gasteiger partial charge in [0.2, 0.25) is 5.82 Å². The Balaban J connectivity index is 1.64. The van der Waals surface area contributed by atoms with Gasteiger partial charge in [0.15, 0.2) is 10.9 Å². The lowest BCUT2D eigenvalue weighted by Gasteiger charge is -2.09. The summed E-state index contributed by atoms with van der Waals surface area (Å²) in [4.78, 5) is 12.1. The lowest BCUT2D eigenvalue weighted by atomic mass is 10.1. The molecule has 0 atom stereocenters. The zero-order valence-electron chi connectivity index (χ0n) is 16.5. The average Bonchev–Trinajstić information content (AvgIpc) is 3.41. The summed E-state index contributed by atoms with van der Waals surface area (Å²) in [5.74, 6) is 1.94. The highest BCUT2D eigenvalue weighted by atomic mass is 32.2. The molecule has 2 heterocycles. The van der Waals surface area contributed by atoms with Crippen molar-refractivity contribution in [2.75, 3.05) is 34.0 Å². The number of furan rings is 1. The highest BCUT2D eigenvalue weighted by Gasteiger charge is 2.16. The van der Waals surface area contributed by atoms with Crippen molar-refractivity contribution in [1.29, 1.82) is 0 Å². The molecular weight excluding hydrogens is 392 g/mol. The number of benzene rings is 1. The first-order chi connectivity index (χ1) is 14.2. The number of aromatic nitrogens is 3. The molecule has 8 nitrogen and oxygen atoms in total. The van der Waals surface area contributed by atoms with E-state index in [2.05, 4.69) is 15.5 Å². The molecule has 0 spiro atoms. The molecular formula is C20H24N4O4S. The van der Waals surface area contributed by atoms with E-state index in [4.69, 9.17) is 13.9 Å². The summed E-state index contributed by atoms with van der Waals surface area (Å²) in [6, 6.07) is 11.2. The summed E-state index contributed by atoms with van der Waals surface area (Å²) in [5.41, 5.74) is 1.71. The average molecular weight is 417 g/mol. The Morgan fingerprint density at radius 1 is 1.14 bits per heavy atom. The van der Waals surface area contributed by atoms with Gasteiger partial charge < -0.3 is 19.2 Å². The SMILES string of the molecule is COCCNC(=O)c1ccc(CSc2nnc(-c3ccco3)n2CCOC)cc1. The molecule has 9 heteroatoms. The molecule has 2 aromatic heterocycles. The van der Waals surface area contributed by atoms with E-state index >= 15 is 0 Å². The van der Waals surface area contributed by atoms with Gasteiger partial charge in [-0.3, -0.25) is 9.36 Å². The van der Waals surface area contributed by atoms with Crippen LogP contribution in [0, 0.1) is 0 Å². The van der Waals surface area contributed by atoms with E-state index in [1.165, 1.54) is 0 Å². The van der Waals surface area contributed by atoms with Crippen LogP contribution in [-0.4, -0.2) is 54.6 Å². The molecule has 0 saturated carbocycles. The van der Waals surface area contributed by atoms with Crippen molar-refractivity contribution in [3.63, 3.8) is 0 Å². The zero-order valence-corrected chi connectivity index (χ0v) is 17.3. The van der Waals surface area contributed by atoms with Crippen molar-refractivity contribution in [3.8, 4) is 11.6 Å². The van der Waals surface area contributed by atoms with Crippen LogP contribution in [0.4, 0.5) is 0 Å². The molecule has 0 aliphatic carbocycles. The van der Waals surface area contributed by atoms with Gasteiger partial charge in [-0.15, -0.1) is 10.2 Å². The standard InChI is InChI=1S/C20H24N4O4S/c1-26-12-9-21-19(25)16-7-5-15(6-8-16)14-29-20-23-22-18(17-4-3-11-28-17)24(20)10-13-27-2/h3-8,11H,9-10,12-14H2,1-2H3,(H,21,25). The Morgan fingerprint density at radius 2 is 1.93 bits per heavy atom. The number of hydrogen-bond donors (Lipinski definition) is 1. The van der Waals surface area contributed by atoms with Crippen LogP contribution in [0.15, 0.2) is 52.2 Å². The van der Waals surface area contributed by atoms with Gasteiger partial charge in [-0.05, 0) is 29.8 Å². The summed E-state index contributed by atoms with van der Waals surface area (Å²) < 4.78 is 17.6. The molecule has 0 aliphatic rings. The van der Waals surface area contributed by atoms with Crippen LogP contribution in [0.25, 0.3) is 11.6 Å². The predicted molar refractivity (Wildman–Crippen MR) is 110 cm³/mol. The molecule has 29 heavy (non-hydrogen) atoms. The maximum absolute atomic E-state index is 12.1. The molecule has 1 N–H and O–H groups in total. The number of ether oxygens (including phenoxy) is 2. The minimum atomic E-state index is -0.108. The Kier molecular flexibility index (Phi) is 7.85. The van der Waals surface area contributed by atoms with E-state index in [9.17, 15) is 4.79 Å². The number of carbonyl (C=O) groups excluding carboxylic acids is 1. The number of carbonyl (C=O) groups is 1. The zero-order chi connectivity index (χ0) is 20.5. The Bertz CT molecular complexity index is 894. The second-order valence-corrected chi connectivity index (χ2v) is 7.10. The quantitative estimate of drug-likeness (QED) is 0.380. The summed E-state index contributed by atoms with van der Waals surface area (Å²) in [6.07, 6.45) is 1.62. The van der Waals surface area contributed by atoms with Gasteiger partial charge in [0.25, 0.3) is 5.91 Å². The molecule has 3 aromatic rings. The fourth-order valence-corrected chi connectivity index (χ4v) is 3.56. The number of nitrogens with zero attached hydrogens (tertiary/aromatic N) is 3. The van der Waals surface area contributed by atoms with Crippen LogP contribution in [0.2, 0.25) is 0 Å². The first-order valence-corrected chi connectivity index (χ1v) is 10.2. The van der Waals surface area contributed by atoms with Crippen molar-refractivity contribution < 1.29 is 18.7 Å². The number of nitrogens with one attached hydrogen (secondary N) is 1. The van der Waals surface area contributed by atoms with E-state index in [1.807, 2.05) is 41.0 Å². The highest BCUT2D eigenvalue weighted by molar-refractivity contribution is 7.98. The first kappa shape index (κ1) is 21.1. The van der Waals surface area contributed by atoms with Gasteiger partial charge >= 0.3 is 0 Å². The molecule has 0 bridgehead atoms. The first-order valence-electron chi connectivity index (χ1n) is 9.18. The largest absolute Gasteiger partial charge is 0.461 e. The molecule has 0 aliphatic heterocycles. The second kappa shape index (κ2) is 10.8. The van der Waals surface area contributed by atoms with E-state index in [0.717, 1.165) is 10.7 Å². The fourth-order valence-electron chi connectivity index (χ4n) is 2.64. The smallest absolute Gasteiger partial charge is 0.251 e. The summed E-state index contributed by atoms with van der Waals surface area (Å²) in [7, 11) is 3.27. The van der Waals surface area contributed by atoms with E-state index < -0.39 is 0 Å². The molecule has 1 aromatic carbocycles. The van der Waals surface area contributed by atoms with E-state index in [0.29, 0.717) is 49.2 Å². The maximum atomic E-state index is 12.1. The lowest BCUT2D eigenvalue weighted by Crippen LogP contribution is -2.26. The Hall–Kier alpha value is -2.62.